The Kier molecular flexibility index (Phi) is 5.83. The van der Waals surface area contributed by atoms with Crippen LogP contribution < -0.4 is 5.32 Å². The first-order valence-electron chi connectivity index (χ1n) is 11.1. The van der Waals surface area contributed by atoms with Crippen molar-refractivity contribution >= 4 is 33.6 Å². The van der Waals surface area contributed by atoms with Crippen molar-refractivity contribution in [2.45, 2.75) is 31.1 Å². The smallest absolute Gasteiger partial charge is 0.303 e. The molecule has 1 aliphatic rings. The molecule has 0 bridgehead atoms. The number of aliphatic carboxylic acids is 1. The molecule has 1 aliphatic carbocycles. The van der Waals surface area contributed by atoms with E-state index in [2.05, 4.69) is 22.4 Å². The van der Waals surface area contributed by atoms with Crippen LogP contribution >= 0.6 is 11.3 Å². The summed E-state index contributed by atoms with van der Waals surface area (Å²) in [5, 5.41) is 11.8. The highest BCUT2D eigenvalue weighted by atomic mass is 32.1. The summed E-state index contributed by atoms with van der Waals surface area (Å²) in [4.78, 5) is 33.0. The normalized spacial score (nSPS) is 14.1. The number of carboxylic acid groups (broad SMARTS) is 1. The molecule has 2 N–H and O–H groups in total. The molecule has 0 atom stereocenters. The van der Waals surface area contributed by atoms with Crippen LogP contribution in [-0.4, -0.2) is 33.5 Å². The van der Waals surface area contributed by atoms with Gasteiger partial charge in [0.15, 0.2) is 0 Å². The number of benzene rings is 2. The van der Waals surface area contributed by atoms with Crippen LogP contribution in [-0.2, 0) is 10.2 Å². The largest absolute Gasteiger partial charge is 0.481 e. The lowest BCUT2D eigenvalue weighted by molar-refractivity contribution is -0.137. The summed E-state index contributed by atoms with van der Waals surface area (Å²) < 4.78 is 14.9. The number of aromatic nitrogens is 2. The molecule has 5 rings (SSSR count). The summed E-state index contributed by atoms with van der Waals surface area (Å²) in [6.07, 6.45) is 2.38. The van der Waals surface area contributed by atoms with Gasteiger partial charge in [-0.25, -0.2) is 14.4 Å². The highest BCUT2D eigenvalue weighted by molar-refractivity contribution is 7.21. The Bertz CT molecular complexity index is 1380. The van der Waals surface area contributed by atoms with Gasteiger partial charge >= 0.3 is 5.97 Å². The van der Waals surface area contributed by atoms with Crippen molar-refractivity contribution in [3.63, 3.8) is 0 Å². The van der Waals surface area contributed by atoms with Crippen LogP contribution in [0.25, 0.3) is 20.9 Å². The minimum absolute atomic E-state index is 0.0343. The number of carbonyl (C=O) groups excluding carboxylic acids is 1. The van der Waals surface area contributed by atoms with Crippen LogP contribution in [0, 0.1) is 5.82 Å². The van der Waals surface area contributed by atoms with Crippen LogP contribution in [0.5, 0.6) is 0 Å². The summed E-state index contributed by atoms with van der Waals surface area (Å²) in [6, 6.07) is 18.6. The predicted octanol–water partition coefficient (Wildman–Crippen LogP) is 5.17. The number of thiazole rings is 1. The number of hydrogen-bond donors (Lipinski definition) is 2. The van der Waals surface area contributed by atoms with Crippen molar-refractivity contribution in [1.29, 1.82) is 0 Å². The van der Waals surface area contributed by atoms with Crippen molar-refractivity contribution < 1.29 is 19.1 Å². The fourth-order valence-corrected chi connectivity index (χ4v) is 5.11. The van der Waals surface area contributed by atoms with Crippen molar-refractivity contribution in [3.05, 3.63) is 83.3 Å². The third-order valence-electron chi connectivity index (χ3n) is 6.14. The molecule has 1 saturated carbocycles. The molecule has 172 valence electrons. The standard InChI is InChI=1S/C26H22FN3O3S/c27-19-15-16(23(33)28-14-4-7-22(31)32)8-9-18(19)24-29-20-10-11-21(30-25(20)34-24)26(12-13-26)17-5-2-1-3-6-17/h1-3,5-6,8-11,15H,4,7,12-14H2,(H,28,33)(H,31,32). The second-order valence-corrected chi connectivity index (χ2v) is 9.41. The summed E-state index contributed by atoms with van der Waals surface area (Å²) >= 11 is 1.33. The fraction of sp³-hybridized carbons (Fsp3) is 0.231. The Hall–Kier alpha value is -3.65. The number of rotatable bonds is 8. The molecular weight excluding hydrogens is 453 g/mol. The van der Waals surface area contributed by atoms with E-state index in [1.165, 1.54) is 23.0 Å². The Morgan fingerprint density at radius 2 is 1.85 bits per heavy atom. The number of carbonyl (C=O) groups is 2. The zero-order valence-electron chi connectivity index (χ0n) is 18.3. The van der Waals surface area contributed by atoms with E-state index >= 15 is 0 Å². The molecule has 1 fully saturated rings. The third-order valence-corrected chi connectivity index (χ3v) is 7.14. The predicted molar refractivity (Wildman–Crippen MR) is 128 cm³/mol. The van der Waals surface area contributed by atoms with Crippen molar-refractivity contribution in [1.82, 2.24) is 15.3 Å². The van der Waals surface area contributed by atoms with Gasteiger partial charge in [-0.1, -0.05) is 41.7 Å². The van der Waals surface area contributed by atoms with Gasteiger partial charge in [-0.2, -0.15) is 0 Å². The Balaban J connectivity index is 1.36. The minimum Gasteiger partial charge on any atom is -0.481 e. The van der Waals surface area contributed by atoms with Crippen molar-refractivity contribution in [2.24, 2.45) is 0 Å². The molecular formula is C26H22FN3O3S. The number of pyridine rings is 1. The van der Waals surface area contributed by atoms with Gasteiger partial charge in [-0.15, -0.1) is 0 Å². The molecule has 2 aromatic heterocycles. The van der Waals surface area contributed by atoms with Crippen LogP contribution in [0.1, 0.15) is 47.3 Å². The van der Waals surface area contributed by atoms with E-state index < -0.39 is 17.7 Å². The van der Waals surface area contributed by atoms with Crippen molar-refractivity contribution in [2.75, 3.05) is 6.54 Å². The van der Waals surface area contributed by atoms with Gasteiger partial charge in [0.2, 0.25) is 0 Å². The second-order valence-electron chi connectivity index (χ2n) is 8.44. The topological polar surface area (TPSA) is 92.2 Å². The number of fused-ring (bicyclic) bond motifs is 1. The van der Waals surface area contributed by atoms with E-state index in [9.17, 15) is 14.0 Å². The first kappa shape index (κ1) is 22.2. The quantitative estimate of drug-likeness (QED) is 0.343. The summed E-state index contributed by atoms with van der Waals surface area (Å²) in [7, 11) is 0. The number of halogens is 1. The van der Waals surface area contributed by atoms with Crippen LogP contribution in [0.15, 0.2) is 60.7 Å². The first-order chi connectivity index (χ1) is 16.5. The van der Waals surface area contributed by atoms with E-state index in [1.54, 1.807) is 12.1 Å². The molecule has 6 nitrogen and oxygen atoms in total. The Morgan fingerprint density at radius 1 is 1.06 bits per heavy atom. The SMILES string of the molecule is O=C(O)CCCNC(=O)c1ccc(-c2nc3ccc(C4(c5ccccc5)CC4)nc3s2)c(F)c1. The maximum Gasteiger partial charge on any atom is 0.303 e. The zero-order valence-corrected chi connectivity index (χ0v) is 19.1. The van der Waals surface area contributed by atoms with E-state index in [-0.39, 0.29) is 23.9 Å². The molecule has 0 unspecified atom stereocenters. The van der Waals surface area contributed by atoms with E-state index in [4.69, 9.17) is 10.1 Å². The number of nitrogens with one attached hydrogen (secondary N) is 1. The van der Waals surface area contributed by atoms with Gasteiger partial charge in [0.1, 0.15) is 21.2 Å². The average Bonchev–Trinajstić information content (AvgIpc) is 3.55. The maximum atomic E-state index is 14.9. The third kappa shape index (κ3) is 4.28. The number of hydrogen-bond acceptors (Lipinski definition) is 5. The maximum absolute atomic E-state index is 14.9. The number of nitrogens with zero attached hydrogens (tertiary/aromatic N) is 2. The van der Waals surface area contributed by atoms with Gasteiger partial charge in [0.25, 0.3) is 5.91 Å². The fourth-order valence-electron chi connectivity index (χ4n) is 4.15. The lowest BCUT2D eigenvalue weighted by Gasteiger charge is -2.14. The van der Waals surface area contributed by atoms with Gasteiger partial charge in [0, 0.05) is 29.5 Å². The highest BCUT2D eigenvalue weighted by Gasteiger charge is 2.47. The van der Waals surface area contributed by atoms with E-state index in [0.29, 0.717) is 22.5 Å². The highest BCUT2D eigenvalue weighted by Crippen LogP contribution is 2.53. The van der Waals surface area contributed by atoms with Crippen LogP contribution in [0.3, 0.4) is 0 Å². The summed E-state index contributed by atoms with van der Waals surface area (Å²) in [5.74, 6) is -1.91. The first-order valence-corrected chi connectivity index (χ1v) is 11.9. The monoisotopic (exact) mass is 475 g/mol. The lowest BCUT2D eigenvalue weighted by atomic mass is 9.92. The Morgan fingerprint density at radius 3 is 2.56 bits per heavy atom. The van der Waals surface area contributed by atoms with E-state index in [1.807, 2.05) is 30.3 Å². The molecule has 1 amide bonds. The molecule has 0 saturated heterocycles. The van der Waals surface area contributed by atoms with Gasteiger partial charge in [-0.3, -0.25) is 9.59 Å². The molecule has 8 heteroatoms. The average molecular weight is 476 g/mol. The van der Waals surface area contributed by atoms with Gasteiger partial charge in [-0.05, 0) is 55.2 Å². The van der Waals surface area contributed by atoms with E-state index in [0.717, 1.165) is 23.4 Å². The summed E-state index contributed by atoms with van der Waals surface area (Å²) in [5.41, 5.74) is 3.43. The van der Waals surface area contributed by atoms with Gasteiger partial charge in [0.05, 0.1) is 5.69 Å². The summed E-state index contributed by atoms with van der Waals surface area (Å²) in [6.45, 7) is 0.213. The van der Waals surface area contributed by atoms with Crippen LogP contribution in [0.2, 0.25) is 0 Å². The lowest BCUT2D eigenvalue weighted by Crippen LogP contribution is -2.25. The van der Waals surface area contributed by atoms with Crippen molar-refractivity contribution in [3.8, 4) is 10.6 Å². The number of carboxylic acids is 1. The Labute approximate surface area is 199 Å². The molecule has 0 aliphatic heterocycles. The molecule has 0 radical (unpaired) electrons. The molecule has 2 heterocycles. The molecule has 0 spiro atoms. The minimum atomic E-state index is -0.922. The zero-order chi connectivity index (χ0) is 23.7. The molecule has 2 aromatic carbocycles. The second kappa shape index (κ2) is 8.95. The molecule has 34 heavy (non-hydrogen) atoms. The van der Waals surface area contributed by atoms with Gasteiger partial charge < -0.3 is 10.4 Å². The number of amides is 1. The van der Waals surface area contributed by atoms with Crippen LogP contribution in [0.4, 0.5) is 4.39 Å². The molecule has 4 aromatic rings.